The molecular weight excluding hydrogens is 362 g/mol. The third-order valence-corrected chi connectivity index (χ3v) is 7.41. The molecule has 0 nitrogen and oxygen atoms in total. The van der Waals surface area contributed by atoms with E-state index in [9.17, 15) is 8.78 Å². The van der Waals surface area contributed by atoms with Gasteiger partial charge in [-0.25, -0.2) is 8.78 Å². The summed E-state index contributed by atoms with van der Waals surface area (Å²) in [6, 6.07) is 3.89. The number of hydrogen-bond acceptors (Lipinski definition) is 0. The van der Waals surface area contributed by atoms with Crippen molar-refractivity contribution in [2.75, 3.05) is 0 Å². The van der Waals surface area contributed by atoms with Gasteiger partial charge in [0.25, 0.3) is 0 Å². The minimum Gasteiger partial charge on any atom is -0.207 e. The summed E-state index contributed by atoms with van der Waals surface area (Å²) in [5.41, 5.74) is 1.85. The van der Waals surface area contributed by atoms with Crippen molar-refractivity contribution in [2.24, 2.45) is 17.8 Å². The molecule has 1 unspecified atom stereocenters. The SMILES string of the molecule is CCCCC[C@H]1CC[C@H](CCCCC2CC=C(c3cc(F)cc(F)c3)CC2)CC1. The first-order valence-corrected chi connectivity index (χ1v) is 12.3. The minimum atomic E-state index is -0.474. The highest BCUT2D eigenvalue weighted by Gasteiger charge is 2.21. The smallest absolute Gasteiger partial charge is 0.126 e. The van der Waals surface area contributed by atoms with Crippen LogP contribution >= 0.6 is 0 Å². The van der Waals surface area contributed by atoms with E-state index in [1.807, 2.05) is 0 Å². The van der Waals surface area contributed by atoms with Crippen molar-refractivity contribution >= 4 is 5.57 Å². The molecule has 2 heteroatoms. The van der Waals surface area contributed by atoms with E-state index in [1.54, 1.807) is 0 Å². The van der Waals surface area contributed by atoms with Gasteiger partial charge in [-0.05, 0) is 60.3 Å². The van der Waals surface area contributed by atoms with E-state index in [-0.39, 0.29) is 0 Å². The lowest BCUT2D eigenvalue weighted by molar-refractivity contribution is 0.243. The van der Waals surface area contributed by atoms with E-state index in [0.717, 1.165) is 54.2 Å². The lowest BCUT2D eigenvalue weighted by Gasteiger charge is -2.29. The van der Waals surface area contributed by atoms with Gasteiger partial charge in [0.05, 0.1) is 0 Å². The highest BCUT2D eigenvalue weighted by atomic mass is 19.1. The van der Waals surface area contributed by atoms with E-state index < -0.39 is 11.6 Å². The van der Waals surface area contributed by atoms with Gasteiger partial charge in [0.2, 0.25) is 0 Å². The highest BCUT2D eigenvalue weighted by Crippen LogP contribution is 2.36. The largest absolute Gasteiger partial charge is 0.207 e. The van der Waals surface area contributed by atoms with Gasteiger partial charge in [0.1, 0.15) is 11.6 Å². The normalized spacial score (nSPS) is 25.1. The lowest BCUT2D eigenvalue weighted by atomic mass is 9.77. The molecule has 3 rings (SSSR count). The molecule has 0 aromatic heterocycles. The van der Waals surface area contributed by atoms with Crippen LogP contribution in [-0.4, -0.2) is 0 Å². The maximum Gasteiger partial charge on any atom is 0.126 e. The molecule has 162 valence electrons. The zero-order valence-corrected chi connectivity index (χ0v) is 18.4. The second-order valence-electron chi connectivity index (χ2n) is 9.69. The average molecular weight is 403 g/mol. The van der Waals surface area contributed by atoms with Crippen molar-refractivity contribution in [1.29, 1.82) is 0 Å². The van der Waals surface area contributed by atoms with Crippen molar-refractivity contribution in [3.8, 4) is 0 Å². The van der Waals surface area contributed by atoms with E-state index >= 15 is 0 Å². The van der Waals surface area contributed by atoms with Gasteiger partial charge in [-0.15, -0.1) is 0 Å². The van der Waals surface area contributed by atoms with Crippen molar-refractivity contribution in [1.82, 2.24) is 0 Å². The van der Waals surface area contributed by atoms with E-state index in [2.05, 4.69) is 13.0 Å². The first kappa shape index (κ1) is 22.5. The Morgan fingerprint density at radius 1 is 0.724 bits per heavy atom. The van der Waals surface area contributed by atoms with Crippen LogP contribution in [0.1, 0.15) is 109 Å². The number of benzene rings is 1. The van der Waals surface area contributed by atoms with Crippen LogP contribution in [0.3, 0.4) is 0 Å². The first-order chi connectivity index (χ1) is 14.1. The van der Waals surface area contributed by atoms with Gasteiger partial charge in [-0.2, -0.15) is 0 Å². The van der Waals surface area contributed by atoms with E-state index in [4.69, 9.17) is 0 Å². The number of halogens is 2. The van der Waals surface area contributed by atoms with Crippen LogP contribution in [0, 0.1) is 29.4 Å². The van der Waals surface area contributed by atoms with Crippen molar-refractivity contribution in [2.45, 2.75) is 103 Å². The third-order valence-electron chi connectivity index (χ3n) is 7.41. The maximum atomic E-state index is 13.4. The van der Waals surface area contributed by atoms with Gasteiger partial charge in [0.15, 0.2) is 0 Å². The van der Waals surface area contributed by atoms with E-state index in [0.29, 0.717) is 0 Å². The molecule has 29 heavy (non-hydrogen) atoms. The second-order valence-corrected chi connectivity index (χ2v) is 9.69. The van der Waals surface area contributed by atoms with Crippen LogP contribution in [0.25, 0.3) is 5.57 Å². The molecule has 0 aliphatic heterocycles. The van der Waals surface area contributed by atoms with Crippen LogP contribution < -0.4 is 0 Å². The Bertz CT molecular complexity index is 620. The standard InChI is InChI=1S/C27H40F2/c1-2-3-4-7-21-10-12-22(13-11-21)8-5-6-9-23-14-16-24(17-15-23)25-18-26(28)20-27(29)19-25/h16,18-23H,2-15,17H2,1H3/t21-,22-,23?. The Hall–Kier alpha value is -1.18. The number of unbranched alkanes of at least 4 members (excludes halogenated alkanes) is 3. The fourth-order valence-corrected chi connectivity index (χ4v) is 5.51. The zero-order chi connectivity index (χ0) is 20.5. The van der Waals surface area contributed by atoms with Gasteiger partial charge < -0.3 is 0 Å². The quantitative estimate of drug-likeness (QED) is 0.342. The van der Waals surface area contributed by atoms with Crippen LogP contribution in [0.2, 0.25) is 0 Å². The number of hydrogen-bond donors (Lipinski definition) is 0. The summed E-state index contributed by atoms with van der Waals surface area (Å²) in [4.78, 5) is 0. The Morgan fingerprint density at radius 3 is 1.79 bits per heavy atom. The van der Waals surface area contributed by atoms with Crippen LogP contribution in [0.5, 0.6) is 0 Å². The summed E-state index contributed by atoms with van der Waals surface area (Å²) in [6.07, 6.45) is 22.4. The number of rotatable bonds is 10. The molecule has 1 aromatic carbocycles. The summed E-state index contributed by atoms with van der Waals surface area (Å²) in [5.74, 6) is 1.81. The minimum absolute atomic E-state index is 0.474. The summed E-state index contributed by atoms with van der Waals surface area (Å²) in [6.45, 7) is 2.30. The zero-order valence-electron chi connectivity index (χ0n) is 18.4. The average Bonchev–Trinajstić information content (AvgIpc) is 2.72. The number of allylic oxidation sites excluding steroid dienone is 2. The Balaban J connectivity index is 1.29. The summed E-state index contributed by atoms with van der Waals surface area (Å²) in [7, 11) is 0. The predicted molar refractivity (Wildman–Crippen MR) is 120 cm³/mol. The second kappa shape index (κ2) is 11.9. The molecule has 0 spiro atoms. The van der Waals surface area contributed by atoms with E-state index in [1.165, 1.54) is 89.2 Å². The van der Waals surface area contributed by atoms with Crippen LogP contribution in [0.4, 0.5) is 8.78 Å². The summed E-state index contributed by atoms with van der Waals surface area (Å²) in [5, 5.41) is 0. The molecular formula is C27H40F2. The molecule has 1 aromatic rings. The Labute approximate surface area is 177 Å². The van der Waals surface area contributed by atoms with Crippen molar-refractivity contribution in [3.63, 3.8) is 0 Å². The predicted octanol–water partition coefficient (Wildman–Crippen LogP) is 9.10. The maximum absolute atomic E-state index is 13.4. The monoisotopic (exact) mass is 402 g/mol. The molecule has 0 saturated heterocycles. The lowest BCUT2D eigenvalue weighted by Crippen LogP contribution is -2.14. The molecule has 0 bridgehead atoms. The Morgan fingerprint density at radius 2 is 1.28 bits per heavy atom. The summed E-state index contributed by atoms with van der Waals surface area (Å²) < 4.78 is 26.9. The molecule has 1 saturated carbocycles. The van der Waals surface area contributed by atoms with Crippen molar-refractivity contribution < 1.29 is 8.78 Å². The molecule has 0 heterocycles. The molecule has 0 N–H and O–H groups in total. The van der Waals surface area contributed by atoms with Gasteiger partial charge >= 0.3 is 0 Å². The topological polar surface area (TPSA) is 0 Å². The van der Waals surface area contributed by atoms with Crippen LogP contribution in [0.15, 0.2) is 24.3 Å². The van der Waals surface area contributed by atoms with Gasteiger partial charge in [0, 0.05) is 6.07 Å². The molecule has 0 amide bonds. The Kier molecular flexibility index (Phi) is 9.21. The third kappa shape index (κ3) is 7.54. The summed E-state index contributed by atoms with van der Waals surface area (Å²) >= 11 is 0. The molecule has 1 fully saturated rings. The highest BCUT2D eigenvalue weighted by molar-refractivity contribution is 5.66. The molecule has 2 aliphatic carbocycles. The van der Waals surface area contributed by atoms with Gasteiger partial charge in [-0.3, -0.25) is 0 Å². The first-order valence-electron chi connectivity index (χ1n) is 12.3. The fraction of sp³-hybridized carbons (Fsp3) is 0.704. The van der Waals surface area contributed by atoms with Crippen LogP contribution in [-0.2, 0) is 0 Å². The van der Waals surface area contributed by atoms with Gasteiger partial charge in [-0.1, -0.05) is 90.0 Å². The fourth-order valence-electron chi connectivity index (χ4n) is 5.51. The molecule has 1 atom stereocenters. The molecule has 0 radical (unpaired) electrons. The van der Waals surface area contributed by atoms with Crippen molar-refractivity contribution in [3.05, 3.63) is 41.5 Å². The molecule has 2 aliphatic rings.